The average molecular weight is 214 g/mol. The molecule has 0 heterocycles. The van der Waals surface area contributed by atoms with E-state index in [1.54, 1.807) is 19.1 Å². The molecule has 0 aliphatic carbocycles. The number of carbonyl (C=O) groups excluding carboxylic acids is 1. The van der Waals surface area contributed by atoms with Gasteiger partial charge in [0.1, 0.15) is 23.3 Å². The number of hydrogen-bond acceptors (Lipinski definition) is 4. The van der Waals surface area contributed by atoms with E-state index in [2.05, 4.69) is 0 Å². The molecule has 0 aromatic carbocycles. The van der Waals surface area contributed by atoms with Crippen LogP contribution in [0, 0.1) is 28.1 Å². The molecular formula is C11H10N4O. The highest BCUT2D eigenvalue weighted by Crippen LogP contribution is 2.11. The highest BCUT2D eigenvalue weighted by molar-refractivity contribution is 5.96. The number of carbonyl (C=O) groups is 1. The monoisotopic (exact) mass is 214 g/mol. The number of nitrogens with one attached hydrogen (secondary N) is 1. The predicted molar refractivity (Wildman–Crippen MR) is 58.1 cm³/mol. The van der Waals surface area contributed by atoms with Crippen molar-refractivity contribution >= 4 is 11.8 Å². The fraction of sp³-hybridized carbons (Fsp3) is 0.182. The topological polar surface area (TPSA) is 115 Å². The molecule has 0 aromatic heterocycles. The molecule has 0 aliphatic rings. The maximum atomic E-state index is 10.7. The van der Waals surface area contributed by atoms with Crippen LogP contribution in [0.15, 0.2) is 28.9 Å². The predicted octanol–water partition coefficient (Wildman–Crippen LogP) is 0.957. The van der Waals surface area contributed by atoms with Crippen LogP contribution in [0.25, 0.3) is 0 Å². The van der Waals surface area contributed by atoms with Gasteiger partial charge < -0.3 is 5.73 Å². The number of nitrogens with two attached hydrogens (primary N) is 1. The van der Waals surface area contributed by atoms with Gasteiger partial charge >= 0.3 is 0 Å². The first-order chi connectivity index (χ1) is 7.60. The standard InChI is InChI=1S/C11H10N4O/c1-2-8(10(6-13)7-14)3-4-9(5-12)11(15)16/h3-4,13H,2H2,1H3,(H2,15,16)/b8-3+,9-4+. The first kappa shape index (κ1) is 13.4. The minimum Gasteiger partial charge on any atom is -0.365 e. The maximum absolute atomic E-state index is 10.7. The highest BCUT2D eigenvalue weighted by Gasteiger charge is 2.03. The first-order valence-electron chi connectivity index (χ1n) is 4.41. The minimum atomic E-state index is -0.827. The Kier molecular flexibility index (Phi) is 5.67. The van der Waals surface area contributed by atoms with Crippen LogP contribution in [-0.4, -0.2) is 11.8 Å². The van der Waals surface area contributed by atoms with Crippen molar-refractivity contribution < 1.29 is 4.79 Å². The highest BCUT2D eigenvalue weighted by atomic mass is 16.1. The molecule has 80 valence electrons. The van der Waals surface area contributed by atoms with Crippen molar-refractivity contribution in [1.82, 2.24) is 0 Å². The van der Waals surface area contributed by atoms with Gasteiger partial charge in [-0.2, -0.15) is 10.5 Å². The van der Waals surface area contributed by atoms with Crippen molar-refractivity contribution in [2.24, 2.45) is 5.73 Å². The summed E-state index contributed by atoms with van der Waals surface area (Å²) in [5.41, 5.74) is 5.32. The Morgan fingerprint density at radius 3 is 2.31 bits per heavy atom. The van der Waals surface area contributed by atoms with Gasteiger partial charge in [0.05, 0.1) is 0 Å². The van der Waals surface area contributed by atoms with Gasteiger partial charge in [0.2, 0.25) is 0 Å². The second-order valence-corrected chi connectivity index (χ2v) is 2.71. The van der Waals surface area contributed by atoms with Crippen molar-refractivity contribution in [2.45, 2.75) is 13.3 Å². The average Bonchev–Trinajstić information content (AvgIpc) is 2.28. The van der Waals surface area contributed by atoms with Gasteiger partial charge in [-0.3, -0.25) is 10.2 Å². The van der Waals surface area contributed by atoms with E-state index in [-0.39, 0.29) is 11.1 Å². The molecule has 0 bridgehead atoms. The van der Waals surface area contributed by atoms with E-state index in [0.717, 1.165) is 0 Å². The molecule has 16 heavy (non-hydrogen) atoms. The van der Waals surface area contributed by atoms with Gasteiger partial charge in [-0.25, -0.2) is 0 Å². The van der Waals surface area contributed by atoms with Crippen molar-refractivity contribution in [2.75, 3.05) is 0 Å². The number of hydrogen-bond donors (Lipinski definition) is 2. The molecule has 0 aliphatic heterocycles. The summed E-state index contributed by atoms with van der Waals surface area (Å²) >= 11 is 0. The summed E-state index contributed by atoms with van der Waals surface area (Å²) in [6, 6.07) is 3.43. The SMILES string of the molecule is CC/C(=C\C=C(/C#N)C(N)=O)C(=C=N)C#N. The number of rotatable bonds is 4. The Labute approximate surface area is 93.3 Å². The zero-order valence-electron chi connectivity index (χ0n) is 8.74. The zero-order chi connectivity index (χ0) is 12.6. The quantitative estimate of drug-likeness (QED) is 0.314. The van der Waals surface area contributed by atoms with Crippen molar-refractivity contribution in [3.05, 3.63) is 28.9 Å². The molecule has 5 nitrogen and oxygen atoms in total. The number of primary amides is 1. The molecule has 0 saturated heterocycles. The lowest BCUT2D eigenvalue weighted by atomic mass is 10.1. The smallest absolute Gasteiger partial charge is 0.259 e. The zero-order valence-corrected chi connectivity index (χ0v) is 8.74. The third kappa shape index (κ3) is 3.63. The summed E-state index contributed by atoms with van der Waals surface area (Å²) in [4.78, 5) is 10.7. The number of nitriles is 2. The Hall–Kier alpha value is -2.62. The molecule has 0 spiro atoms. The Morgan fingerprint density at radius 2 is 2.00 bits per heavy atom. The van der Waals surface area contributed by atoms with Gasteiger partial charge in [0, 0.05) is 0 Å². The lowest BCUT2D eigenvalue weighted by Crippen LogP contribution is -2.12. The fourth-order valence-electron chi connectivity index (χ4n) is 0.916. The van der Waals surface area contributed by atoms with E-state index in [1.165, 1.54) is 12.2 Å². The number of amides is 1. The van der Waals surface area contributed by atoms with Crippen LogP contribution in [0.3, 0.4) is 0 Å². The van der Waals surface area contributed by atoms with Gasteiger partial charge in [-0.05, 0) is 23.9 Å². The van der Waals surface area contributed by atoms with E-state index in [4.69, 9.17) is 21.7 Å². The summed E-state index contributed by atoms with van der Waals surface area (Å²) in [7, 11) is 0. The van der Waals surface area contributed by atoms with Crippen LogP contribution < -0.4 is 5.73 Å². The molecule has 0 radical (unpaired) electrons. The third-order valence-corrected chi connectivity index (χ3v) is 1.78. The van der Waals surface area contributed by atoms with Crippen molar-refractivity contribution in [1.29, 1.82) is 15.9 Å². The largest absolute Gasteiger partial charge is 0.365 e. The summed E-state index contributed by atoms with van der Waals surface area (Å²) in [5.74, 6) is 1.16. The van der Waals surface area contributed by atoms with E-state index in [0.29, 0.717) is 12.0 Å². The van der Waals surface area contributed by atoms with Crippen LogP contribution >= 0.6 is 0 Å². The molecule has 0 unspecified atom stereocenters. The molecule has 0 atom stereocenters. The Morgan fingerprint density at radius 1 is 1.38 bits per heavy atom. The van der Waals surface area contributed by atoms with Crippen LogP contribution in [-0.2, 0) is 4.79 Å². The first-order valence-corrected chi connectivity index (χ1v) is 4.41. The van der Waals surface area contributed by atoms with Crippen molar-refractivity contribution in [3.63, 3.8) is 0 Å². The van der Waals surface area contributed by atoms with Crippen LogP contribution in [0.1, 0.15) is 13.3 Å². The fourth-order valence-corrected chi connectivity index (χ4v) is 0.916. The lowest BCUT2D eigenvalue weighted by molar-refractivity contribution is -0.114. The molecule has 0 saturated carbocycles. The van der Waals surface area contributed by atoms with Gasteiger partial charge in [0.15, 0.2) is 0 Å². The lowest BCUT2D eigenvalue weighted by Gasteiger charge is -1.97. The molecule has 0 rings (SSSR count). The molecule has 1 amide bonds. The minimum absolute atomic E-state index is 0.0699. The second kappa shape index (κ2) is 6.78. The van der Waals surface area contributed by atoms with Gasteiger partial charge in [-0.15, -0.1) is 0 Å². The van der Waals surface area contributed by atoms with Crippen LogP contribution in [0.5, 0.6) is 0 Å². The Bertz CT molecular complexity index is 479. The van der Waals surface area contributed by atoms with Gasteiger partial charge in [-0.1, -0.05) is 13.0 Å². The molecule has 5 heteroatoms. The molecule has 0 fully saturated rings. The normalized spacial score (nSPS) is 10.9. The molecule has 3 N–H and O–H groups in total. The van der Waals surface area contributed by atoms with E-state index < -0.39 is 5.91 Å². The summed E-state index contributed by atoms with van der Waals surface area (Å²) in [6.07, 6.45) is 3.14. The van der Waals surface area contributed by atoms with Crippen molar-refractivity contribution in [3.8, 4) is 12.1 Å². The van der Waals surface area contributed by atoms with Crippen LogP contribution in [0.4, 0.5) is 0 Å². The molecule has 0 aromatic rings. The van der Waals surface area contributed by atoms with E-state index in [1.807, 2.05) is 5.87 Å². The molecular weight excluding hydrogens is 204 g/mol. The summed E-state index contributed by atoms with van der Waals surface area (Å²) in [5, 5.41) is 24.1. The third-order valence-electron chi connectivity index (χ3n) is 1.78. The van der Waals surface area contributed by atoms with Gasteiger partial charge in [0.25, 0.3) is 5.91 Å². The number of allylic oxidation sites excluding steroid dienone is 4. The summed E-state index contributed by atoms with van der Waals surface area (Å²) in [6.45, 7) is 1.78. The Balaban J connectivity index is 5.32. The van der Waals surface area contributed by atoms with E-state index >= 15 is 0 Å². The maximum Gasteiger partial charge on any atom is 0.259 e. The summed E-state index contributed by atoms with van der Waals surface area (Å²) < 4.78 is 0. The van der Waals surface area contributed by atoms with Crippen LogP contribution in [0.2, 0.25) is 0 Å². The number of nitrogens with zero attached hydrogens (tertiary/aromatic N) is 2. The second-order valence-electron chi connectivity index (χ2n) is 2.71. The van der Waals surface area contributed by atoms with E-state index in [9.17, 15) is 4.79 Å².